The van der Waals surface area contributed by atoms with Crippen LogP contribution in [0.5, 0.6) is 11.5 Å². The zero-order valence-corrected chi connectivity index (χ0v) is 19.1. The fourth-order valence-corrected chi connectivity index (χ4v) is 4.46. The van der Waals surface area contributed by atoms with Gasteiger partial charge in [-0.3, -0.25) is 9.10 Å². The van der Waals surface area contributed by atoms with E-state index in [2.05, 4.69) is 5.32 Å². The van der Waals surface area contributed by atoms with Gasteiger partial charge in [0, 0.05) is 11.8 Å². The Morgan fingerprint density at radius 2 is 1.66 bits per heavy atom. The lowest BCUT2D eigenvalue weighted by Gasteiger charge is -2.24. The second-order valence-electron chi connectivity index (χ2n) is 7.03. The Bertz CT molecular complexity index is 1160. The summed E-state index contributed by atoms with van der Waals surface area (Å²) in [6, 6.07) is 20.0. The summed E-state index contributed by atoms with van der Waals surface area (Å²) in [6.07, 6.45) is 0. The van der Waals surface area contributed by atoms with Crippen LogP contribution in [-0.4, -0.2) is 34.6 Å². The van der Waals surface area contributed by atoms with E-state index in [1.54, 1.807) is 60.7 Å². The Balaban J connectivity index is 1.90. The highest BCUT2D eigenvalue weighted by Crippen LogP contribution is 2.27. The van der Waals surface area contributed by atoms with E-state index in [-0.39, 0.29) is 4.90 Å². The largest absolute Gasteiger partial charge is 0.497 e. The Labute approximate surface area is 188 Å². The SMILES string of the molecule is CCOc1ccc(NC(=O)CN(c2cccc(OC)c2)S(=O)(=O)c2ccc(C)cc2)cc1. The maximum absolute atomic E-state index is 13.4. The highest BCUT2D eigenvalue weighted by atomic mass is 32.2. The smallest absolute Gasteiger partial charge is 0.264 e. The molecule has 3 aromatic rings. The summed E-state index contributed by atoms with van der Waals surface area (Å²) in [5.74, 6) is 0.691. The van der Waals surface area contributed by atoms with Crippen molar-refractivity contribution >= 4 is 27.3 Å². The maximum Gasteiger partial charge on any atom is 0.264 e. The summed E-state index contributed by atoms with van der Waals surface area (Å²) in [5.41, 5.74) is 1.80. The first kappa shape index (κ1) is 23.1. The molecule has 0 aliphatic rings. The topological polar surface area (TPSA) is 84.9 Å². The van der Waals surface area contributed by atoms with E-state index in [1.165, 1.54) is 19.2 Å². The molecule has 0 radical (unpaired) electrons. The lowest BCUT2D eigenvalue weighted by Crippen LogP contribution is -2.38. The van der Waals surface area contributed by atoms with Crippen molar-refractivity contribution in [2.24, 2.45) is 0 Å². The number of ether oxygens (including phenoxy) is 2. The second kappa shape index (κ2) is 10.2. The van der Waals surface area contributed by atoms with Gasteiger partial charge in [0.1, 0.15) is 18.0 Å². The van der Waals surface area contributed by atoms with E-state index in [4.69, 9.17) is 9.47 Å². The number of benzene rings is 3. The summed E-state index contributed by atoms with van der Waals surface area (Å²) in [7, 11) is -2.50. The third-order valence-corrected chi connectivity index (χ3v) is 6.47. The lowest BCUT2D eigenvalue weighted by atomic mass is 10.2. The summed E-state index contributed by atoms with van der Waals surface area (Å²) >= 11 is 0. The van der Waals surface area contributed by atoms with E-state index >= 15 is 0 Å². The average molecular weight is 455 g/mol. The molecular formula is C24H26N2O5S. The average Bonchev–Trinajstić information content (AvgIpc) is 2.79. The van der Waals surface area contributed by atoms with Crippen molar-refractivity contribution in [2.45, 2.75) is 18.7 Å². The zero-order chi connectivity index (χ0) is 23.1. The lowest BCUT2D eigenvalue weighted by molar-refractivity contribution is -0.114. The minimum absolute atomic E-state index is 0.0970. The maximum atomic E-state index is 13.4. The van der Waals surface area contributed by atoms with Gasteiger partial charge in [0.05, 0.1) is 24.3 Å². The Kier molecular flexibility index (Phi) is 7.37. The molecule has 168 valence electrons. The van der Waals surface area contributed by atoms with Gasteiger partial charge in [-0.05, 0) is 62.4 Å². The van der Waals surface area contributed by atoms with Gasteiger partial charge >= 0.3 is 0 Å². The third-order valence-electron chi connectivity index (χ3n) is 4.69. The van der Waals surface area contributed by atoms with Crippen molar-refractivity contribution < 1.29 is 22.7 Å². The molecular weight excluding hydrogens is 428 g/mol. The molecule has 0 aromatic heterocycles. The number of rotatable bonds is 9. The number of carbonyl (C=O) groups excluding carboxylic acids is 1. The van der Waals surface area contributed by atoms with Crippen LogP contribution in [0.15, 0.2) is 77.7 Å². The Hall–Kier alpha value is -3.52. The number of hydrogen-bond acceptors (Lipinski definition) is 5. The molecule has 3 aromatic carbocycles. The van der Waals surface area contributed by atoms with Gasteiger partial charge in [-0.15, -0.1) is 0 Å². The molecule has 0 atom stereocenters. The molecule has 8 heteroatoms. The van der Waals surface area contributed by atoms with Crippen molar-refractivity contribution in [3.8, 4) is 11.5 Å². The van der Waals surface area contributed by atoms with Crippen LogP contribution in [0.3, 0.4) is 0 Å². The van der Waals surface area contributed by atoms with Gasteiger partial charge in [-0.2, -0.15) is 0 Å². The standard InChI is InChI=1S/C24H26N2O5S/c1-4-31-21-12-10-19(11-13-21)25-24(27)17-26(20-6-5-7-22(16-20)30-3)32(28,29)23-14-8-18(2)9-15-23/h5-16H,4,17H2,1-3H3,(H,25,27). The number of nitrogens with one attached hydrogen (secondary N) is 1. The second-order valence-corrected chi connectivity index (χ2v) is 8.89. The first-order valence-corrected chi connectivity index (χ1v) is 11.5. The molecule has 0 saturated heterocycles. The fraction of sp³-hybridized carbons (Fsp3) is 0.208. The minimum Gasteiger partial charge on any atom is -0.497 e. The van der Waals surface area contributed by atoms with Crippen LogP contribution in [0.2, 0.25) is 0 Å². The zero-order valence-electron chi connectivity index (χ0n) is 18.2. The molecule has 0 spiro atoms. The van der Waals surface area contributed by atoms with E-state index in [1.807, 2.05) is 13.8 Å². The summed E-state index contributed by atoms with van der Waals surface area (Å²) < 4.78 is 38.6. The van der Waals surface area contributed by atoms with Crippen LogP contribution in [0, 0.1) is 6.92 Å². The number of methoxy groups -OCH3 is 1. The van der Waals surface area contributed by atoms with Gasteiger partial charge in [0.15, 0.2) is 0 Å². The van der Waals surface area contributed by atoms with E-state index < -0.39 is 22.5 Å². The number of sulfonamides is 1. The molecule has 0 aliphatic carbocycles. The van der Waals surface area contributed by atoms with E-state index in [9.17, 15) is 13.2 Å². The Morgan fingerprint density at radius 3 is 2.28 bits per heavy atom. The molecule has 32 heavy (non-hydrogen) atoms. The van der Waals surface area contributed by atoms with E-state index in [0.717, 1.165) is 9.87 Å². The van der Waals surface area contributed by atoms with Crippen LogP contribution in [0.25, 0.3) is 0 Å². The quantitative estimate of drug-likeness (QED) is 0.523. The van der Waals surface area contributed by atoms with Crippen molar-refractivity contribution in [3.63, 3.8) is 0 Å². The molecule has 0 saturated carbocycles. The normalized spacial score (nSPS) is 11.0. The van der Waals surface area contributed by atoms with Gasteiger partial charge in [0.2, 0.25) is 5.91 Å². The first-order chi connectivity index (χ1) is 15.3. The predicted octanol–water partition coefficient (Wildman–Crippen LogP) is 4.24. The first-order valence-electron chi connectivity index (χ1n) is 10.1. The fourth-order valence-electron chi connectivity index (χ4n) is 3.05. The van der Waals surface area contributed by atoms with Crippen LogP contribution < -0.4 is 19.1 Å². The van der Waals surface area contributed by atoms with Gasteiger partial charge in [-0.25, -0.2) is 8.42 Å². The van der Waals surface area contributed by atoms with Crippen molar-refractivity contribution in [1.29, 1.82) is 0 Å². The monoisotopic (exact) mass is 454 g/mol. The van der Waals surface area contributed by atoms with Crippen molar-refractivity contribution in [3.05, 3.63) is 78.4 Å². The number of amides is 1. The van der Waals surface area contributed by atoms with Crippen LogP contribution in [0.1, 0.15) is 12.5 Å². The van der Waals surface area contributed by atoms with E-state index in [0.29, 0.717) is 29.5 Å². The number of aryl methyl sites for hydroxylation is 1. The van der Waals surface area contributed by atoms with Crippen LogP contribution >= 0.6 is 0 Å². The molecule has 0 fully saturated rings. The summed E-state index contributed by atoms with van der Waals surface area (Å²) in [6.45, 7) is 3.90. The molecule has 7 nitrogen and oxygen atoms in total. The highest BCUT2D eigenvalue weighted by molar-refractivity contribution is 7.92. The van der Waals surface area contributed by atoms with Crippen LogP contribution in [-0.2, 0) is 14.8 Å². The highest BCUT2D eigenvalue weighted by Gasteiger charge is 2.27. The minimum atomic E-state index is -4.00. The molecule has 0 heterocycles. The number of anilines is 2. The summed E-state index contributed by atoms with van der Waals surface area (Å²) in [4.78, 5) is 12.9. The van der Waals surface area contributed by atoms with Gasteiger partial charge in [-0.1, -0.05) is 23.8 Å². The number of carbonyl (C=O) groups is 1. The molecule has 0 aliphatic heterocycles. The third kappa shape index (κ3) is 5.59. The van der Waals surface area contributed by atoms with Gasteiger partial charge < -0.3 is 14.8 Å². The van der Waals surface area contributed by atoms with Crippen molar-refractivity contribution in [2.75, 3.05) is 29.9 Å². The predicted molar refractivity (Wildman–Crippen MR) is 125 cm³/mol. The van der Waals surface area contributed by atoms with Crippen LogP contribution in [0.4, 0.5) is 11.4 Å². The van der Waals surface area contributed by atoms with Gasteiger partial charge in [0.25, 0.3) is 10.0 Å². The number of nitrogens with zero attached hydrogens (tertiary/aromatic N) is 1. The molecule has 0 bridgehead atoms. The number of hydrogen-bond donors (Lipinski definition) is 1. The molecule has 1 amide bonds. The summed E-state index contributed by atoms with van der Waals surface area (Å²) in [5, 5.41) is 2.74. The van der Waals surface area contributed by atoms with Crippen molar-refractivity contribution in [1.82, 2.24) is 0 Å². The molecule has 3 rings (SSSR count). The molecule has 0 unspecified atom stereocenters. The molecule has 1 N–H and O–H groups in total. The Morgan fingerprint density at radius 1 is 0.969 bits per heavy atom.